The van der Waals surface area contributed by atoms with E-state index in [1.54, 1.807) is 19.2 Å². The molecule has 18 heavy (non-hydrogen) atoms. The molecule has 0 bridgehead atoms. The normalized spacial score (nSPS) is 10.2. The lowest BCUT2D eigenvalue weighted by Crippen LogP contribution is -2.04. The van der Waals surface area contributed by atoms with Gasteiger partial charge in [0.25, 0.3) is 0 Å². The van der Waals surface area contributed by atoms with Crippen LogP contribution in [0, 0.1) is 12.7 Å². The van der Waals surface area contributed by atoms with Crippen LogP contribution < -0.4 is 16.4 Å². The van der Waals surface area contributed by atoms with Crippen molar-refractivity contribution in [2.45, 2.75) is 6.92 Å². The van der Waals surface area contributed by atoms with Gasteiger partial charge in [0.2, 0.25) is 5.95 Å². The summed E-state index contributed by atoms with van der Waals surface area (Å²) in [5.74, 6) is 0.794. The molecule has 1 aromatic carbocycles. The summed E-state index contributed by atoms with van der Waals surface area (Å²) < 4.78 is 13.7. The van der Waals surface area contributed by atoms with Gasteiger partial charge in [-0.25, -0.2) is 4.39 Å². The first-order valence-electron chi connectivity index (χ1n) is 5.44. The largest absolute Gasteiger partial charge is 0.373 e. The first-order valence-corrected chi connectivity index (χ1v) is 5.44. The van der Waals surface area contributed by atoms with Gasteiger partial charge in [0, 0.05) is 13.1 Å². The van der Waals surface area contributed by atoms with Gasteiger partial charge in [0.05, 0.1) is 5.69 Å². The maximum atomic E-state index is 13.7. The molecule has 0 radical (unpaired) electrons. The SMILES string of the molecule is CNc1cc(Nc2ccc(C)cc2F)nc(N)n1. The van der Waals surface area contributed by atoms with Gasteiger partial charge in [-0.1, -0.05) is 6.07 Å². The number of nitrogens with zero attached hydrogens (tertiary/aromatic N) is 2. The highest BCUT2D eigenvalue weighted by molar-refractivity contribution is 5.61. The molecule has 1 aromatic heterocycles. The summed E-state index contributed by atoms with van der Waals surface area (Å²) >= 11 is 0. The molecule has 5 nitrogen and oxygen atoms in total. The van der Waals surface area contributed by atoms with Crippen molar-refractivity contribution in [3.63, 3.8) is 0 Å². The zero-order valence-electron chi connectivity index (χ0n) is 10.2. The average Bonchev–Trinajstić information content (AvgIpc) is 2.32. The summed E-state index contributed by atoms with van der Waals surface area (Å²) in [4.78, 5) is 7.94. The van der Waals surface area contributed by atoms with E-state index in [1.165, 1.54) is 6.07 Å². The number of aromatic nitrogens is 2. The molecule has 0 atom stereocenters. The van der Waals surface area contributed by atoms with Crippen LogP contribution in [-0.2, 0) is 0 Å². The number of nitrogen functional groups attached to an aromatic ring is 1. The van der Waals surface area contributed by atoms with E-state index in [0.29, 0.717) is 17.3 Å². The van der Waals surface area contributed by atoms with Gasteiger partial charge in [-0.3, -0.25) is 0 Å². The summed E-state index contributed by atoms with van der Waals surface area (Å²) in [6.45, 7) is 1.83. The molecule has 0 spiro atoms. The fourth-order valence-electron chi connectivity index (χ4n) is 1.52. The molecule has 2 aromatic rings. The van der Waals surface area contributed by atoms with E-state index in [-0.39, 0.29) is 11.8 Å². The number of halogens is 1. The van der Waals surface area contributed by atoms with Crippen molar-refractivity contribution in [2.75, 3.05) is 23.4 Å². The maximum absolute atomic E-state index is 13.7. The third-order valence-electron chi connectivity index (χ3n) is 2.39. The van der Waals surface area contributed by atoms with Crippen molar-refractivity contribution in [3.05, 3.63) is 35.6 Å². The number of anilines is 4. The third kappa shape index (κ3) is 2.65. The zero-order valence-corrected chi connectivity index (χ0v) is 10.2. The predicted octanol–water partition coefficient (Wildman–Crippen LogP) is 2.29. The van der Waals surface area contributed by atoms with Crippen molar-refractivity contribution in [3.8, 4) is 0 Å². The van der Waals surface area contributed by atoms with Crippen LogP contribution in [-0.4, -0.2) is 17.0 Å². The van der Waals surface area contributed by atoms with Crippen LogP contribution in [0.1, 0.15) is 5.56 Å². The molecule has 2 rings (SSSR count). The second kappa shape index (κ2) is 4.87. The lowest BCUT2D eigenvalue weighted by Gasteiger charge is -2.09. The molecule has 0 saturated heterocycles. The van der Waals surface area contributed by atoms with E-state index < -0.39 is 0 Å². The maximum Gasteiger partial charge on any atom is 0.223 e. The Balaban J connectivity index is 2.30. The van der Waals surface area contributed by atoms with Crippen LogP contribution in [0.25, 0.3) is 0 Å². The van der Waals surface area contributed by atoms with Gasteiger partial charge in [0.1, 0.15) is 17.5 Å². The third-order valence-corrected chi connectivity index (χ3v) is 2.39. The molecule has 0 aliphatic rings. The minimum atomic E-state index is -0.335. The van der Waals surface area contributed by atoms with E-state index in [4.69, 9.17) is 5.73 Å². The Bertz CT molecular complexity index is 570. The summed E-state index contributed by atoms with van der Waals surface area (Å²) in [5, 5.41) is 5.72. The highest BCUT2D eigenvalue weighted by atomic mass is 19.1. The number of benzene rings is 1. The summed E-state index contributed by atoms with van der Waals surface area (Å²) in [5.41, 5.74) is 6.76. The molecule has 1 heterocycles. The fraction of sp³-hybridized carbons (Fsp3) is 0.167. The summed E-state index contributed by atoms with van der Waals surface area (Å²) in [6, 6.07) is 6.57. The van der Waals surface area contributed by atoms with Crippen molar-refractivity contribution in [2.24, 2.45) is 0 Å². The Labute approximate surface area is 104 Å². The number of nitrogens with two attached hydrogens (primary N) is 1. The average molecular weight is 247 g/mol. The number of rotatable bonds is 3. The number of hydrogen-bond acceptors (Lipinski definition) is 5. The molecule has 94 valence electrons. The van der Waals surface area contributed by atoms with Gasteiger partial charge in [-0.05, 0) is 24.6 Å². The monoisotopic (exact) mass is 247 g/mol. The molecule has 6 heteroatoms. The van der Waals surface area contributed by atoms with E-state index >= 15 is 0 Å². The number of hydrogen-bond donors (Lipinski definition) is 3. The Morgan fingerprint density at radius 3 is 2.56 bits per heavy atom. The second-order valence-electron chi connectivity index (χ2n) is 3.85. The van der Waals surface area contributed by atoms with Gasteiger partial charge in [-0.2, -0.15) is 9.97 Å². The van der Waals surface area contributed by atoms with Crippen LogP contribution >= 0.6 is 0 Å². The van der Waals surface area contributed by atoms with Gasteiger partial charge in [-0.15, -0.1) is 0 Å². The van der Waals surface area contributed by atoms with Crippen LogP contribution in [0.3, 0.4) is 0 Å². The van der Waals surface area contributed by atoms with Crippen molar-refractivity contribution in [1.29, 1.82) is 0 Å². The quantitative estimate of drug-likeness (QED) is 0.775. The topological polar surface area (TPSA) is 75.9 Å². The Morgan fingerprint density at radius 1 is 1.17 bits per heavy atom. The van der Waals surface area contributed by atoms with Crippen molar-refractivity contribution >= 4 is 23.3 Å². The van der Waals surface area contributed by atoms with Crippen molar-refractivity contribution in [1.82, 2.24) is 9.97 Å². The molecule has 4 N–H and O–H groups in total. The number of aryl methyl sites for hydroxylation is 1. The number of nitrogens with one attached hydrogen (secondary N) is 2. The molecule has 0 amide bonds. The lowest BCUT2D eigenvalue weighted by atomic mass is 10.2. The summed E-state index contributed by atoms with van der Waals surface area (Å²) in [6.07, 6.45) is 0. The summed E-state index contributed by atoms with van der Waals surface area (Å²) in [7, 11) is 1.72. The van der Waals surface area contributed by atoms with Crippen LogP contribution in [0.2, 0.25) is 0 Å². The molecule has 0 aliphatic heterocycles. The molecule has 0 unspecified atom stereocenters. The van der Waals surface area contributed by atoms with E-state index in [9.17, 15) is 4.39 Å². The molecule has 0 aliphatic carbocycles. The van der Waals surface area contributed by atoms with E-state index in [0.717, 1.165) is 5.56 Å². The Morgan fingerprint density at radius 2 is 1.89 bits per heavy atom. The van der Waals surface area contributed by atoms with Gasteiger partial charge < -0.3 is 16.4 Å². The van der Waals surface area contributed by atoms with Crippen molar-refractivity contribution < 1.29 is 4.39 Å². The minimum Gasteiger partial charge on any atom is -0.373 e. The van der Waals surface area contributed by atoms with E-state index in [1.807, 2.05) is 13.0 Å². The zero-order chi connectivity index (χ0) is 13.1. The predicted molar refractivity (Wildman–Crippen MR) is 70.4 cm³/mol. The Hall–Kier alpha value is -2.37. The molecular weight excluding hydrogens is 233 g/mol. The standard InChI is InChI=1S/C12H14FN5/c1-7-3-4-9(8(13)5-7)16-11-6-10(15-2)17-12(14)18-11/h3-6H,1-2H3,(H4,14,15,16,17,18). The van der Waals surface area contributed by atoms with Crippen LogP contribution in [0.15, 0.2) is 24.3 Å². The molecule has 0 fully saturated rings. The van der Waals surface area contributed by atoms with Crippen LogP contribution in [0.5, 0.6) is 0 Å². The fourth-order valence-corrected chi connectivity index (χ4v) is 1.52. The minimum absolute atomic E-state index is 0.122. The molecular formula is C12H14FN5. The smallest absolute Gasteiger partial charge is 0.223 e. The second-order valence-corrected chi connectivity index (χ2v) is 3.85. The van der Waals surface area contributed by atoms with Crippen LogP contribution in [0.4, 0.5) is 27.7 Å². The molecule has 0 saturated carbocycles. The Kier molecular flexibility index (Phi) is 3.27. The first kappa shape index (κ1) is 12.1. The first-order chi connectivity index (χ1) is 8.58. The van der Waals surface area contributed by atoms with Gasteiger partial charge in [0.15, 0.2) is 0 Å². The highest BCUT2D eigenvalue weighted by Gasteiger charge is 2.05. The van der Waals surface area contributed by atoms with E-state index in [2.05, 4.69) is 20.6 Å². The highest BCUT2D eigenvalue weighted by Crippen LogP contribution is 2.21. The lowest BCUT2D eigenvalue weighted by molar-refractivity contribution is 0.630. The van der Waals surface area contributed by atoms with Gasteiger partial charge >= 0.3 is 0 Å².